The fourth-order valence-corrected chi connectivity index (χ4v) is 5.63. The summed E-state index contributed by atoms with van der Waals surface area (Å²) in [6.07, 6.45) is 2.97. The first kappa shape index (κ1) is 28.9. The molecule has 0 spiro atoms. The van der Waals surface area contributed by atoms with Crippen molar-refractivity contribution in [1.29, 1.82) is 5.26 Å². The number of aromatic nitrogens is 4. The zero-order valence-corrected chi connectivity index (χ0v) is 24.5. The van der Waals surface area contributed by atoms with Gasteiger partial charge in [-0.3, -0.25) is 9.78 Å². The number of rotatable bonds is 5. The summed E-state index contributed by atoms with van der Waals surface area (Å²) in [5.41, 5.74) is 2.01. The number of hydrogen-bond donors (Lipinski definition) is 0. The molecule has 1 aliphatic heterocycles. The maximum absolute atomic E-state index is 15.1. The number of halogens is 2. The molecule has 214 valence electrons. The van der Waals surface area contributed by atoms with Crippen LogP contribution in [0.2, 0.25) is 5.02 Å². The molecule has 1 amide bonds. The Bertz CT molecular complexity index is 1850. The molecule has 42 heavy (non-hydrogen) atoms. The van der Waals surface area contributed by atoms with Crippen molar-refractivity contribution < 1.29 is 9.18 Å². The minimum atomic E-state index is -0.608. The fourth-order valence-electron chi connectivity index (χ4n) is 5.38. The van der Waals surface area contributed by atoms with Crippen molar-refractivity contribution >= 4 is 34.4 Å². The van der Waals surface area contributed by atoms with Gasteiger partial charge in [0, 0.05) is 37.4 Å². The summed E-state index contributed by atoms with van der Waals surface area (Å²) in [4.78, 5) is 43.8. The summed E-state index contributed by atoms with van der Waals surface area (Å²) in [7, 11) is 0. The molecule has 1 atom stereocenters. The largest absolute Gasteiger partial charge is 0.355 e. The number of pyridine rings is 2. The minimum Gasteiger partial charge on any atom is -0.350 e. The number of nitriles is 1. The van der Waals surface area contributed by atoms with Crippen LogP contribution in [-0.2, 0) is 4.79 Å². The smallest absolute Gasteiger partial charge is 0.350 e. The molecule has 9 nitrogen and oxygen atoms in total. The third kappa shape index (κ3) is 5.01. The van der Waals surface area contributed by atoms with Gasteiger partial charge in [0.1, 0.15) is 11.6 Å². The third-order valence-corrected chi connectivity index (χ3v) is 7.75. The number of benzene rings is 1. The second kappa shape index (κ2) is 11.3. The van der Waals surface area contributed by atoms with E-state index in [0.717, 1.165) is 5.56 Å². The van der Waals surface area contributed by atoms with Crippen molar-refractivity contribution in [2.24, 2.45) is 0 Å². The molecular formula is C31H29ClFN7O2. The lowest BCUT2D eigenvalue weighted by Crippen LogP contribution is -2.54. The van der Waals surface area contributed by atoms with Crippen LogP contribution in [0.4, 0.5) is 10.2 Å². The van der Waals surface area contributed by atoms with E-state index in [-0.39, 0.29) is 45.4 Å². The van der Waals surface area contributed by atoms with Crippen LogP contribution in [0.5, 0.6) is 0 Å². The molecule has 0 radical (unpaired) electrons. The Labute approximate surface area is 247 Å². The normalized spacial score (nSPS) is 15.2. The molecule has 1 saturated heterocycles. The maximum atomic E-state index is 15.1. The third-order valence-electron chi connectivity index (χ3n) is 7.46. The van der Waals surface area contributed by atoms with Crippen LogP contribution in [0.25, 0.3) is 28.0 Å². The van der Waals surface area contributed by atoms with E-state index in [0.29, 0.717) is 42.2 Å². The van der Waals surface area contributed by atoms with E-state index in [1.54, 1.807) is 23.2 Å². The molecule has 3 aromatic heterocycles. The van der Waals surface area contributed by atoms with Crippen molar-refractivity contribution in [3.8, 4) is 23.0 Å². The lowest BCUT2D eigenvalue weighted by Gasteiger charge is -2.40. The predicted molar refractivity (Wildman–Crippen MR) is 160 cm³/mol. The average molecular weight is 586 g/mol. The molecule has 0 bridgehead atoms. The first-order chi connectivity index (χ1) is 20.0. The summed E-state index contributed by atoms with van der Waals surface area (Å²) >= 11 is 6.77. The van der Waals surface area contributed by atoms with E-state index < -0.39 is 11.5 Å². The molecule has 0 aliphatic carbocycles. The monoisotopic (exact) mass is 585 g/mol. The summed E-state index contributed by atoms with van der Waals surface area (Å²) in [6.45, 7) is 12.6. The number of carbonyl (C=O) groups is 1. The van der Waals surface area contributed by atoms with Crippen molar-refractivity contribution in [2.75, 3.05) is 24.5 Å². The van der Waals surface area contributed by atoms with Crippen molar-refractivity contribution in [2.45, 2.75) is 39.7 Å². The molecule has 4 heterocycles. The zero-order valence-electron chi connectivity index (χ0n) is 23.7. The summed E-state index contributed by atoms with van der Waals surface area (Å²) in [5.74, 6) is -0.445. The lowest BCUT2D eigenvalue weighted by atomic mass is 10.0. The molecule has 1 aliphatic rings. The highest BCUT2D eigenvalue weighted by Crippen LogP contribution is 2.36. The Kier molecular flexibility index (Phi) is 7.80. The SMILES string of the molecule is C=CC(=O)N1CCN(c2nc(=O)n(-c3c(C)ccnc3C(C)C)c3nc(-c4cc(C#N)ccc4F)c(Cl)cc23)[C@@H](C)C1. The van der Waals surface area contributed by atoms with Crippen LogP contribution < -0.4 is 10.6 Å². The predicted octanol–water partition coefficient (Wildman–Crippen LogP) is 5.16. The van der Waals surface area contributed by atoms with E-state index in [1.807, 2.05) is 38.7 Å². The van der Waals surface area contributed by atoms with Gasteiger partial charge in [-0.2, -0.15) is 10.2 Å². The second-order valence-corrected chi connectivity index (χ2v) is 11.0. The van der Waals surface area contributed by atoms with E-state index >= 15 is 4.39 Å². The van der Waals surface area contributed by atoms with Gasteiger partial charge in [0.15, 0.2) is 5.65 Å². The quantitative estimate of drug-likeness (QED) is 0.298. The lowest BCUT2D eigenvalue weighted by molar-refractivity contribution is -0.126. The number of amides is 1. The Morgan fingerprint density at radius 3 is 2.67 bits per heavy atom. The topological polar surface area (TPSA) is 108 Å². The number of nitrogens with zero attached hydrogens (tertiary/aromatic N) is 7. The van der Waals surface area contributed by atoms with Crippen LogP contribution in [0.3, 0.4) is 0 Å². The molecule has 1 aromatic carbocycles. The Morgan fingerprint density at radius 2 is 2.00 bits per heavy atom. The van der Waals surface area contributed by atoms with Crippen LogP contribution in [-0.4, -0.2) is 56.0 Å². The van der Waals surface area contributed by atoms with Gasteiger partial charge < -0.3 is 9.80 Å². The highest BCUT2D eigenvalue weighted by atomic mass is 35.5. The average Bonchev–Trinajstić information content (AvgIpc) is 2.97. The number of hydrogen-bond acceptors (Lipinski definition) is 7. The van der Waals surface area contributed by atoms with Crippen LogP contribution in [0.15, 0.2) is 54.0 Å². The van der Waals surface area contributed by atoms with Gasteiger partial charge in [-0.15, -0.1) is 0 Å². The maximum Gasteiger partial charge on any atom is 0.355 e. The van der Waals surface area contributed by atoms with Crippen molar-refractivity contribution in [1.82, 2.24) is 24.4 Å². The van der Waals surface area contributed by atoms with Gasteiger partial charge in [-0.25, -0.2) is 18.7 Å². The highest BCUT2D eigenvalue weighted by molar-refractivity contribution is 6.33. The van der Waals surface area contributed by atoms with Gasteiger partial charge in [0.2, 0.25) is 5.91 Å². The molecular weight excluding hydrogens is 557 g/mol. The molecule has 1 fully saturated rings. The van der Waals surface area contributed by atoms with E-state index in [9.17, 15) is 14.9 Å². The Hall–Kier alpha value is -4.62. The number of carbonyl (C=O) groups excluding carboxylic acids is 1. The molecule has 0 N–H and O–H groups in total. The second-order valence-electron chi connectivity index (χ2n) is 10.6. The summed E-state index contributed by atoms with van der Waals surface area (Å²) < 4.78 is 16.5. The van der Waals surface area contributed by atoms with E-state index in [1.165, 1.54) is 28.8 Å². The van der Waals surface area contributed by atoms with Gasteiger partial charge in [0.25, 0.3) is 0 Å². The zero-order chi connectivity index (χ0) is 30.3. The van der Waals surface area contributed by atoms with Gasteiger partial charge in [-0.05, 0) is 61.7 Å². The van der Waals surface area contributed by atoms with E-state index in [4.69, 9.17) is 16.6 Å². The number of aryl methyl sites for hydroxylation is 1. The molecule has 0 unspecified atom stereocenters. The standard InChI is InChI=1S/C31H29ClFN7O2/c1-6-25(41)38-11-12-39(19(5)16-38)29-22-14-23(32)27(21-13-20(15-34)7-8-24(21)33)36-30(22)40(31(42)37-29)28-18(4)9-10-35-26(28)17(2)3/h6-10,13-14,17,19H,1,11-12,16H2,2-5H3/t19-/m0/s1. The Morgan fingerprint density at radius 1 is 1.24 bits per heavy atom. The minimum absolute atomic E-state index is 0.0338. The number of fused-ring (bicyclic) bond motifs is 1. The molecule has 0 saturated carbocycles. The Balaban J connectivity index is 1.83. The molecule has 5 rings (SSSR count). The van der Waals surface area contributed by atoms with Crippen LogP contribution in [0, 0.1) is 24.1 Å². The van der Waals surface area contributed by atoms with Crippen molar-refractivity contribution in [3.63, 3.8) is 0 Å². The number of piperazine rings is 1. The van der Waals surface area contributed by atoms with Gasteiger partial charge in [-0.1, -0.05) is 32.0 Å². The van der Waals surface area contributed by atoms with Crippen LogP contribution in [0.1, 0.15) is 43.5 Å². The first-order valence-electron chi connectivity index (χ1n) is 13.5. The summed E-state index contributed by atoms with van der Waals surface area (Å²) in [5, 5.41) is 10.0. The summed E-state index contributed by atoms with van der Waals surface area (Å²) in [6, 6.07) is 9.20. The number of anilines is 1. The fraction of sp³-hybridized carbons (Fsp3) is 0.290. The molecule has 4 aromatic rings. The van der Waals surface area contributed by atoms with E-state index in [2.05, 4.69) is 16.5 Å². The first-order valence-corrected chi connectivity index (χ1v) is 13.9. The van der Waals surface area contributed by atoms with Gasteiger partial charge in [0.05, 0.1) is 39.1 Å². The highest BCUT2D eigenvalue weighted by Gasteiger charge is 2.30. The van der Waals surface area contributed by atoms with Gasteiger partial charge >= 0.3 is 5.69 Å². The van der Waals surface area contributed by atoms with Crippen molar-refractivity contribution in [3.05, 3.63) is 87.3 Å². The molecule has 11 heteroatoms. The van der Waals surface area contributed by atoms with Crippen LogP contribution >= 0.6 is 11.6 Å².